The van der Waals surface area contributed by atoms with Crippen LogP contribution in [0.2, 0.25) is 0 Å². The van der Waals surface area contributed by atoms with Crippen LogP contribution < -0.4 is 5.56 Å². The van der Waals surface area contributed by atoms with E-state index in [9.17, 15) is 4.79 Å². The third-order valence-corrected chi connectivity index (χ3v) is 4.88. The van der Waals surface area contributed by atoms with Gasteiger partial charge in [-0.3, -0.25) is 9.78 Å². The van der Waals surface area contributed by atoms with Gasteiger partial charge in [-0.25, -0.2) is 0 Å². The highest BCUT2D eigenvalue weighted by atomic mass is 32.2. The van der Waals surface area contributed by atoms with Crippen molar-refractivity contribution >= 4 is 22.5 Å². The van der Waals surface area contributed by atoms with Gasteiger partial charge in [-0.2, -0.15) is 0 Å². The Balaban J connectivity index is 1.57. The molecule has 0 amide bonds. The third-order valence-electron chi connectivity index (χ3n) is 3.97. The molecule has 0 aliphatic heterocycles. The van der Waals surface area contributed by atoms with E-state index >= 15 is 0 Å². The molecule has 1 N–H and O–H groups in total. The van der Waals surface area contributed by atoms with E-state index in [1.54, 1.807) is 0 Å². The summed E-state index contributed by atoms with van der Waals surface area (Å²) in [6, 6.07) is 23.9. The van der Waals surface area contributed by atoms with E-state index in [0.29, 0.717) is 10.9 Å². The molecule has 3 aromatic carbocycles. The molecule has 1 aromatic heterocycles. The Morgan fingerprint density at radius 2 is 1.60 bits per heavy atom. The van der Waals surface area contributed by atoms with Crippen LogP contribution in [0.5, 0.6) is 0 Å². The van der Waals surface area contributed by atoms with Crippen molar-refractivity contribution in [1.29, 1.82) is 0 Å². The highest BCUT2D eigenvalue weighted by molar-refractivity contribution is 7.98. The lowest BCUT2D eigenvalue weighted by atomic mass is 10.1. The molecule has 4 aromatic rings. The number of nitrogens with one attached hydrogen (secondary N) is 1. The van der Waals surface area contributed by atoms with Gasteiger partial charge >= 0.3 is 0 Å². The summed E-state index contributed by atoms with van der Waals surface area (Å²) >= 11 is 1.48. The lowest BCUT2D eigenvalue weighted by molar-refractivity contribution is 0.824. The van der Waals surface area contributed by atoms with E-state index in [1.807, 2.05) is 48.5 Å². The monoisotopic (exact) mass is 345 g/mol. The Kier molecular flexibility index (Phi) is 4.31. The predicted octanol–water partition coefficient (Wildman–Crippen LogP) is 4.28. The van der Waals surface area contributed by atoms with Gasteiger partial charge in [0.25, 0.3) is 5.56 Å². The number of H-pyrrole nitrogens is 1. The first kappa shape index (κ1) is 15.6. The average molecular weight is 345 g/mol. The molecular formula is C20H15N3OS. The maximum absolute atomic E-state index is 12.3. The second-order valence-corrected chi connectivity index (χ2v) is 6.56. The van der Waals surface area contributed by atoms with E-state index in [0.717, 1.165) is 11.3 Å². The summed E-state index contributed by atoms with van der Waals surface area (Å²) in [6.45, 7) is 0. The normalized spacial score (nSPS) is 10.9. The molecule has 1 heterocycles. The molecule has 25 heavy (non-hydrogen) atoms. The van der Waals surface area contributed by atoms with Crippen molar-refractivity contribution in [2.75, 3.05) is 0 Å². The van der Waals surface area contributed by atoms with Crippen molar-refractivity contribution < 1.29 is 0 Å². The van der Waals surface area contributed by atoms with E-state index < -0.39 is 0 Å². The van der Waals surface area contributed by atoms with Crippen LogP contribution >= 0.6 is 11.8 Å². The second-order valence-electron chi connectivity index (χ2n) is 5.60. The van der Waals surface area contributed by atoms with Gasteiger partial charge in [0.05, 0.1) is 0 Å². The molecule has 0 unspecified atom stereocenters. The smallest absolute Gasteiger partial charge is 0.278 e. The fourth-order valence-electron chi connectivity index (χ4n) is 2.74. The van der Waals surface area contributed by atoms with Gasteiger partial charge in [0.2, 0.25) is 0 Å². The summed E-state index contributed by atoms with van der Waals surface area (Å²) in [5, 5.41) is 11.2. The maximum atomic E-state index is 12.3. The predicted molar refractivity (Wildman–Crippen MR) is 102 cm³/mol. The largest absolute Gasteiger partial charge is 0.298 e. The van der Waals surface area contributed by atoms with Crippen molar-refractivity contribution in [2.45, 2.75) is 10.9 Å². The van der Waals surface area contributed by atoms with Crippen LogP contribution in [0.4, 0.5) is 0 Å². The highest BCUT2D eigenvalue weighted by Gasteiger charge is 2.08. The first-order chi connectivity index (χ1) is 12.3. The molecule has 0 saturated carbocycles. The minimum Gasteiger partial charge on any atom is -0.298 e. The minimum absolute atomic E-state index is 0.221. The van der Waals surface area contributed by atoms with Crippen LogP contribution in [0.25, 0.3) is 22.0 Å². The molecule has 0 saturated heterocycles. The van der Waals surface area contributed by atoms with Crippen LogP contribution in [0.1, 0.15) is 5.56 Å². The summed E-state index contributed by atoms with van der Waals surface area (Å²) in [6.07, 6.45) is 0. The fourth-order valence-corrected chi connectivity index (χ4v) is 3.54. The van der Waals surface area contributed by atoms with E-state index in [4.69, 9.17) is 0 Å². The van der Waals surface area contributed by atoms with Gasteiger partial charge in [0, 0.05) is 11.3 Å². The molecule has 4 rings (SSSR count). The topological polar surface area (TPSA) is 58.6 Å². The van der Waals surface area contributed by atoms with Crippen molar-refractivity contribution in [3.8, 4) is 11.3 Å². The fraction of sp³-hybridized carbons (Fsp3) is 0.0500. The zero-order valence-electron chi connectivity index (χ0n) is 13.3. The van der Waals surface area contributed by atoms with Crippen LogP contribution in [0, 0.1) is 0 Å². The average Bonchev–Trinajstić information content (AvgIpc) is 2.67. The molecule has 5 heteroatoms. The first-order valence-corrected chi connectivity index (χ1v) is 8.92. The molecule has 0 spiro atoms. The number of thioether (sulfide) groups is 1. The second kappa shape index (κ2) is 6.91. The molecule has 0 radical (unpaired) electrons. The van der Waals surface area contributed by atoms with E-state index in [2.05, 4.69) is 39.4 Å². The van der Waals surface area contributed by atoms with E-state index in [1.165, 1.54) is 28.1 Å². The molecule has 0 atom stereocenters. The zero-order valence-corrected chi connectivity index (χ0v) is 14.2. The van der Waals surface area contributed by atoms with Crippen molar-refractivity contribution in [1.82, 2.24) is 15.2 Å². The van der Waals surface area contributed by atoms with Gasteiger partial charge in [-0.1, -0.05) is 84.6 Å². The number of aromatic nitrogens is 3. The third kappa shape index (κ3) is 3.32. The summed E-state index contributed by atoms with van der Waals surface area (Å²) in [7, 11) is 0. The van der Waals surface area contributed by atoms with E-state index in [-0.39, 0.29) is 5.56 Å². The summed E-state index contributed by atoms with van der Waals surface area (Å²) in [4.78, 5) is 15.1. The van der Waals surface area contributed by atoms with Crippen molar-refractivity contribution in [3.63, 3.8) is 0 Å². The van der Waals surface area contributed by atoms with Crippen LogP contribution in [-0.2, 0) is 5.75 Å². The van der Waals surface area contributed by atoms with Gasteiger partial charge in [-0.15, -0.1) is 10.2 Å². The maximum Gasteiger partial charge on any atom is 0.278 e. The van der Waals surface area contributed by atoms with Crippen LogP contribution in [-0.4, -0.2) is 15.2 Å². The van der Waals surface area contributed by atoms with Crippen LogP contribution in [0.15, 0.2) is 82.7 Å². The number of hydrogen-bond donors (Lipinski definition) is 1. The Hall–Kier alpha value is -2.92. The Morgan fingerprint density at radius 3 is 2.44 bits per heavy atom. The summed E-state index contributed by atoms with van der Waals surface area (Å²) in [5.41, 5.74) is 2.09. The Morgan fingerprint density at radius 1 is 0.840 bits per heavy atom. The minimum atomic E-state index is -0.221. The quantitative estimate of drug-likeness (QED) is 0.561. The first-order valence-electron chi connectivity index (χ1n) is 7.93. The molecule has 0 fully saturated rings. The lowest BCUT2D eigenvalue weighted by Gasteiger charge is -2.06. The molecule has 0 aliphatic rings. The number of benzene rings is 3. The highest BCUT2D eigenvalue weighted by Crippen LogP contribution is 2.25. The van der Waals surface area contributed by atoms with Gasteiger partial charge in [0.1, 0.15) is 0 Å². The standard InChI is InChI=1S/C20H15N3OS/c24-19-18(15-8-2-1-3-9-15)22-23-20(21-19)25-13-16-11-6-10-14-7-4-5-12-17(14)16/h1-12H,13H2,(H,21,23,24). The van der Waals surface area contributed by atoms with Crippen molar-refractivity contribution in [3.05, 3.63) is 88.7 Å². The van der Waals surface area contributed by atoms with Crippen LogP contribution in [0.3, 0.4) is 0 Å². The molecule has 0 aliphatic carbocycles. The number of nitrogens with zero attached hydrogens (tertiary/aromatic N) is 2. The SMILES string of the molecule is O=c1[nH]c(SCc2cccc3ccccc23)nnc1-c1ccccc1. The Labute approximate surface area is 149 Å². The zero-order chi connectivity index (χ0) is 17.1. The van der Waals surface area contributed by atoms with Crippen molar-refractivity contribution in [2.24, 2.45) is 0 Å². The Bertz CT molecular complexity index is 1070. The summed E-state index contributed by atoms with van der Waals surface area (Å²) < 4.78 is 0. The number of aromatic amines is 1. The number of fused-ring (bicyclic) bond motifs is 1. The molecule has 0 bridgehead atoms. The van der Waals surface area contributed by atoms with Gasteiger partial charge in [0.15, 0.2) is 10.9 Å². The molecule has 122 valence electrons. The summed E-state index contributed by atoms with van der Waals surface area (Å²) in [5.74, 6) is 0.719. The van der Waals surface area contributed by atoms with Gasteiger partial charge < -0.3 is 0 Å². The number of hydrogen-bond acceptors (Lipinski definition) is 4. The molecular weight excluding hydrogens is 330 g/mol. The number of rotatable bonds is 4. The molecule has 4 nitrogen and oxygen atoms in total. The lowest BCUT2D eigenvalue weighted by Crippen LogP contribution is -2.14. The van der Waals surface area contributed by atoms with Gasteiger partial charge in [-0.05, 0) is 16.3 Å².